The summed E-state index contributed by atoms with van der Waals surface area (Å²) in [6.07, 6.45) is 7.73. The molecule has 2 aromatic heterocycles. The lowest BCUT2D eigenvalue weighted by molar-refractivity contribution is 0.117. The zero-order chi connectivity index (χ0) is 19.2. The Labute approximate surface area is 167 Å². The van der Waals surface area contributed by atoms with Crippen LogP contribution in [-0.4, -0.2) is 42.2 Å². The van der Waals surface area contributed by atoms with E-state index in [1.807, 2.05) is 41.1 Å². The molecule has 4 rings (SSSR count). The molecule has 0 amide bonds. The third-order valence-corrected chi connectivity index (χ3v) is 5.39. The van der Waals surface area contributed by atoms with Gasteiger partial charge in [0, 0.05) is 35.5 Å². The van der Waals surface area contributed by atoms with Crippen molar-refractivity contribution < 1.29 is 9.47 Å². The van der Waals surface area contributed by atoms with Crippen molar-refractivity contribution >= 4 is 17.6 Å². The molecule has 1 saturated heterocycles. The molecule has 6 nitrogen and oxygen atoms in total. The van der Waals surface area contributed by atoms with Gasteiger partial charge >= 0.3 is 0 Å². The first-order valence-corrected chi connectivity index (χ1v) is 10.1. The fourth-order valence-electron chi connectivity index (χ4n) is 3.02. The highest BCUT2D eigenvalue weighted by Gasteiger charge is 2.15. The number of pyridine rings is 1. The van der Waals surface area contributed by atoms with Gasteiger partial charge < -0.3 is 9.47 Å². The van der Waals surface area contributed by atoms with Crippen LogP contribution in [-0.2, 0) is 4.74 Å². The Morgan fingerprint density at radius 3 is 2.93 bits per heavy atom. The van der Waals surface area contributed by atoms with Crippen molar-refractivity contribution in [3.63, 3.8) is 0 Å². The molecule has 0 N–H and O–H groups in total. The highest BCUT2D eigenvalue weighted by Crippen LogP contribution is 2.23. The topological polar surface area (TPSA) is 61.0 Å². The summed E-state index contributed by atoms with van der Waals surface area (Å²) in [6.45, 7) is 1.49. The zero-order valence-corrected chi connectivity index (χ0v) is 16.5. The summed E-state index contributed by atoms with van der Waals surface area (Å²) in [4.78, 5) is 9.77. The monoisotopic (exact) mass is 394 g/mol. The van der Waals surface area contributed by atoms with Crippen molar-refractivity contribution in [1.82, 2.24) is 9.66 Å². The predicted molar refractivity (Wildman–Crippen MR) is 111 cm³/mol. The Morgan fingerprint density at radius 2 is 2.21 bits per heavy atom. The Morgan fingerprint density at radius 1 is 1.32 bits per heavy atom. The summed E-state index contributed by atoms with van der Waals surface area (Å²) < 4.78 is 12.9. The summed E-state index contributed by atoms with van der Waals surface area (Å²) in [6, 6.07) is 11.8. The average Bonchev–Trinajstić information content (AvgIpc) is 3.41. The molecule has 28 heavy (non-hydrogen) atoms. The standard InChI is InChI=1S/C21H22N4O2S/c1-26-18-8-6-17(7-9-18)20-15-28-21(23-14-19-5-3-11-27-19)25(20)24-13-16-4-2-10-22-12-16/h2,4,6-10,12-13,15,19H,3,5,11,14H2,1H3/b23-21?,24-13-/t19-/m1/s1. The van der Waals surface area contributed by atoms with Gasteiger partial charge in [-0.1, -0.05) is 6.07 Å². The Bertz CT molecular complexity index is 987. The van der Waals surface area contributed by atoms with Crippen LogP contribution in [0.4, 0.5) is 0 Å². The number of ether oxygens (including phenoxy) is 2. The van der Waals surface area contributed by atoms with E-state index in [1.54, 1.807) is 37.1 Å². The minimum atomic E-state index is 0.210. The second-order valence-corrected chi connectivity index (χ2v) is 7.29. The molecule has 7 heteroatoms. The lowest BCUT2D eigenvalue weighted by Gasteiger charge is -2.06. The minimum absolute atomic E-state index is 0.210. The van der Waals surface area contributed by atoms with Crippen LogP contribution < -0.4 is 9.54 Å². The van der Waals surface area contributed by atoms with Crippen LogP contribution in [0.1, 0.15) is 18.4 Å². The van der Waals surface area contributed by atoms with Crippen LogP contribution in [0, 0.1) is 0 Å². The van der Waals surface area contributed by atoms with E-state index < -0.39 is 0 Å². The van der Waals surface area contributed by atoms with Gasteiger partial charge in [-0.3, -0.25) is 9.98 Å². The van der Waals surface area contributed by atoms with Gasteiger partial charge in [0.15, 0.2) is 0 Å². The van der Waals surface area contributed by atoms with Crippen molar-refractivity contribution in [2.75, 3.05) is 20.3 Å². The van der Waals surface area contributed by atoms with Crippen molar-refractivity contribution in [1.29, 1.82) is 0 Å². The molecule has 0 saturated carbocycles. The van der Waals surface area contributed by atoms with Crippen molar-refractivity contribution in [2.24, 2.45) is 10.1 Å². The number of rotatable bonds is 6. The number of hydrogen-bond acceptors (Lipinski definition) is 6. The quantitative estimate of drug-likeness (QED) is 0.601. The van der Waals surface area contributed by atoms with Crippen LogP contribution in [0.5, 0.6) is 5.75 Å². The van der Waals surface area contributed by atoms with Crippen LogP contribution in [0.15, 0.2) is 64.3 Å². The minimum Gasteiger partial charge on any atom is -0.497 e. The third kappa shape index (κ3) is 4.37. The molecule has 3 heterocycles. The van der Waals surface area contributed by atoms with Gasteiger partial charge in [-0.2, -0.15) is 5.10 Å². The fraction of sp³-hybridized carbons (Fsp3) is 0.286. The second-order valence-electron chi connectivity index (χ2n) is 6.45. The Balaban J connectivity index is 1.70. The summed E-state index contributed by atoms with van der Waals surface area (Å²) >= 11 is 1.58. The fourth-order valence-corrected chi connectivity index (χ4v) is 3.87. The molecule has 144 valence electrons. The van der Waals surface area contributed by atoms with Crippen LogP contribution >= 0.6 is 11.3 Å². The number of hydrogen-bond donors (Lipinski definition) is 0. The van der Waals surface area contributed by atoms with E-state index in [2.05, 4.69) is 10.4 Å². The van der Waals surface area contributed by atoms with E-state index in [-0.39, 0.29) is 6.10 Å². The summed E-state index contributed by atoms with van der Waals surface area (Å²) in [5.41, 5.74) is 2.98. The number of thiazole rings is 1. The lowest BCUT2D eigenvalue weighted by Crippen LogP contribution is -2.17. The Kier molecular flexibility index (Phi) is 5.94. The Hall–Kier alpha value is -2.77. The number of methoxy groups -OCH3 is 1. The first kappa shape index (κ1) is 18.6. The SMILES string of the molecule is COc1ccc(-c2csc(=NC[C@H]3CCCO3)n2/N=C\c2cccnc2)cc1. The molecule has 1 aromatic carbocycles. The maximum absolute atomic E-state index is 5.70. The highest BCUT2D eigenvalue weighted by atomic mass is 32.1. The van der Waals surface area contributed by atoms with Crippen molar-refractivity contribution in [3.8, 4) is 17.0 Å². The van der Waals surface area contributed by atoms with Gasteiger partial charge in [-0.15, -0.1) is 11.3 Å². The van der Waals surface area contributed by atoms with Gasteiger partial charge in [-0.05, 0) is 43.2 Å². The van der Waals surface area contributed by atoms with E-state index in [0.29, 0.717) is 6.54 Å². The van der Waals surface area contributed by atoms with E-state index in [4.69, 9.17) is 19.6 Å². The molecule has 0 spiro atoms. The smallest absolute Gasteiger partial charge is 0.206 e. The zero-order valence-electron chi connectivity index (χ0n) is 15.7. The molecule has 1 atom stereocenters. The van der Waals surface area contributed by atoms with Crippen molar-refractivity contribution in [2.45, 2.75) is 18.9 Å². The average molecular weight is 394 g/mol. The highest BCUT2D eigenvalue weighted by molar-refractivity contribution is 7.07. The molecule has 3 aromatic rings. The molecular weight excluding hydrogens is 372 g/mol. The first-order chi connectivity index (χ1) is 13.8. The normalized spacial score (nSPS) is 17.5. The maximum Gasteiger partial charge on any atom is 0.206 e. The summed E-state index contributed by atoms with van der Waals surface area (Å²) in [5, 5.41) is 6.78. The molecule has 0 aliphatic carbocycles. The van der Waals surface area contributed by atoms with Gasteiger partial charge in [-0.25, -0.2) is 4.68 Å². The lowest BCUT2D eigenvalue weighted by atomic mass is 10.2. The van der Waals surface area contributed by atoms with Gasteiger partial charge in [0.25, 0.3) is 0 Å². The number of aromatic nitrogens is 2. The van der Waals surface area contributed by atoms with E-state index in [9.17, 15) is 0 Å². The molecule has 1 fully saturated rings. The largest absolute Gasteiger partial charge is 0.497 e. The first-order valence-electron chi connectivity index (χ1n) is 9.25. The molecule has 1 aliphatic rings. The predicted octanol–water partition coefficient (Wildman–Crippen LogP) is 3.58. The maximum atomic E-state index is 5.70. The van der Waals surface area contributed by atoms with Crippen LogP contribution in [0.3, 0.4) is 0 Å². The molecule has 0 radical (unpaired) electrons. The third-order valence-electron chi connectivity index (χ3n) is 4.53. The number of benzene rings is 1. The summed E-state index contributed by atoms with van der Waals surface area (Å²) in [5.74, 6) is 0.827. The second kappa shape index (κ2) is 8.95. The summed E-state index contributed by atoms with van der Waals surface area (Å²) in [7, 11) is 1.67. The molecule has 1 aliphatic heterocycles. The molecular formula is C21H22N4O2S. The number of nitrogens with zero attached hydrogens (tertiary/aromatic N) is 4. The van der Waals surface area contributed by atoms with Gasteiger partial charge in [0.2, 0.25) is 4.80 Å². The van der Waals surface area contributed by atoms with E-state index >= 15 is 0 Å². The van der Waals surface area contributed by atoms with Gasteiger partial charge in [0.05, 0.1) is 31.7 Å². The van der Waals surface area contributed by atoms with E-state index in [1.165, 1.54) is 0 Å². The van der Waals surface area contributed by atoms with E-state index in [0.717, 1.165) is 46.8 Å². The van der Waals surface area contributed by atoms with Crippen LogP contribution in [0.2, 0.25) is 0 Å². The van der Waals surface area contributed by atoms with Gasteiger partial charge in [0.1, 0.15) is 5.75 Å². The molecule has 0 bridgehead atoms. The van der Waals surface area contributed by atoms with Crippen molar-refractivity contribution in [3.05, 3.63) is 64.5 Å². The molecule has 0 unspecified atom stereocenters. The van der Waals surface area contributed by atoms with Crippen LogP contribution in [0.25, 0.3) is 11.3 Å².